The van der Waals surface area contributed by atoms with Gasteiger partial charge in [0.2, 0.25) is 0 Å². The maximum atomic E-state index is 13.0. The van der Waals surface area contributed by atoms with E-state index >= 15 is 0 Å². The molecule has 0 spiro atoms. The summed E-state index contributed by atoms with van der Waals surface area (Å²) in [6.45, 7) is 2.04. The van der Waals surface area contributed by atoms with E-state index in [1.165, 1.54) is 6.07 Å². The van der Waals surface area contributed by atoms with Crippen molar-refractivity contribution in [1.29, 1.82) is 0 Å². The van der Waals surface area contributed by atoms with Gasteiger partial charge in [0.15, 0.2) is 0 Å². The van der Waals surface area contributed by atoms with Crippen LogP contribution in [0.4, 0.5) is 4.39 Å². The van der Waals surface area contributed by atoms with Crippen LogP contribution in [-0.2, 0) is 6.42 Å². The maximum Gasteiger partial charge on any atom is 0.126 e. The third-order valence-electron chi connectivity index (χ3n) is 1.62. The molecule has 0 nitrogen and oxygen atoms in total. The molecule has 0 saturated heterocycles. The van der Waals surface area contributed by atoms with E-state index in [0.29, 0.717) is 0 Å². The molecule has 2 heteroatoms. The first-order valence-corrected chi connectivity index (χ1v) is 4.24. The predicted octanol–water partition coefficient (Wildman–Crippen LogP) is 1.57. The van der Waals surface area contributed by atoms with E-state index in [0.717, 1.165) is 23.6 Å². The lowest BCUT2D eigenvalue weighted by Crippen LogP contribution is -2.11. The van der Waals surface area contributed by atoms with Gasteiger partial charge in [-0.2, -0.15) is 0 Å². The van der Waals surface area contributed by atoms with Crippen LogP contribution in [0.5, 0.6) is 0 Å². The van der Waals surface area contributed by atoms with Crippen molar-refractivity contribution in [2.24, 2.45) is 0 Å². The molecule has 1 rings (SSSR count). The van der Waals surface area contributed by atoms with Crippen LogP contribution in [0.15, 0.2) is 18.2 Å². The normalized spacial score (nSPS) is 10.1. The van der Waals surface area contributed by atoms with Gasteiger partial charge in [0, 0.05) is 0 Å². The van der Waals surface area contributed by atoms with Crippen molar-refractivity contribution in [3.05, 3.63) is 29.6 Å². The quantitative estimate of drug-likeness (QED) is 0.584. The SMILES string of the molecule is CCCc1c(F)cccc1[Si]. The standard InChI is InChI=1S/C9H10FSi/c1-2-4-7-8(10)5-3-6-9(7)11/h3,5-6H,2,4H2,1H3. The topological polar surface area (TPSA) is 0 Å². The average molecular weight is 165 g/mol. The second-order valence-electron chi connectivity index (χ2n) is 2.52. The minimum Gasteiger partial charge on any atom is -0.207 e. The molecule has 3 radical (unpaired) electrons. The van der Waals surface area contributed by atoms with Gasteiger partial charge < -0.3 is 0 Å². The van der Waals surface area contributed by atoms with Gasteiger partial charge in [-0.25, -0.2) is 4.39 Å². The van der Waals surface area contributed by atoms with E-state index in [2.05, 4.69) is 10.2 Å². The zero-order chi connectivity index (χ0) is 8.27. The van der Waals surface area contributed by atoms with Crippen molar-refractivity contribution in [3.8, 4) is 0 Å². The predicted molar refractivity (Wildman–Crippen MR) is 45.8 cm³/mol. The van der Waals surface area contributed by atoms with Gasteiger partial charge in [0.25, 0.3) is 0 Å². The molecule has 0 aromatic heterocycles. The summed E-state index contributed by atoms with van der Waals surface area (Å²) >= 11 is 0. The molecule has 1 aromatic carbocycles. The highest BCUT2D eigenvalue weighted by atomic mass is 28.1. The molecule has 0 amide bonds. The van der Waals surface area contributed by atoms with Crippen LogP contribution in [0.2, 0.25) is 0 Å². The Morgan fingerprint density at radius 3 is 2.73 bits per heavy atom. The number of halogens is 1. The van der Waals surface area contributed by atoms with E-state index in [-0.39, 0.29) is 5.82 Å². The first-order chi connectivity index (χ1) is 5.25. The minimum absolute atomic E-state index is 0.112. The summed E-state index contributed by atoms with van der Waals surface area (Å²) in [5.41, 5.74) is 0.784. The third-order valence-corrected chi connectivity index (χ3v) is 2.09. The summed E-state index contributed by atoms with van der Waals surface area (Å²) in [5, 5.41) is 0.867. The molecule has 0 aliphatic carbocycles. The largest absolute Gasteiger partial charge is 0.207 e. The van der Waals surface area contributed by atoms with Crippen molar-refractivity contribution in [1.82, 2.24) is 0 Å². The summed E-state index contributed by atoms with van der Waals surface area (Å²) in [6, 6.07) is 5.07. The lowest BCUT2D eigenvalue weighted by atomic mass is 10.1. The molecule has 0 atom stereocenters. The van der Waals surface area contributed by atoms with Crippen molar-refractivity contribution in [3.63, 3.8) is 0 Å². The van der Waals surface area contributed by atoms with Gasteiger partial charge in [0.1, 0.15) is 5.82 Å². The second kappa shape index (κ2) is 3.67. The van der Waals surface area contributed by atoms with Crippen molar-refractivity contribution in [2.75, 3.05) is 0 Å². The Bertz CT molecular complexity index is 225. The molecular formula is C9H10FSi. The second-order valence-corrected chi connectivity index (χ2v) is 3.05. The summed E-state index contributed by atoms with van der Waals surface area (Å²) in [6.07, 6.45) is 1.77. The van der Waals surface area contributed by atoms with Gasteiger partial charge in [-0.15, -0.1) is 0 Å². The molecule has 0 saturated carbocycles. The number of rotatable bonds is 2. The molecule has 57 valence electrons. The Hall–Kier alpha value is -0.633. The maximum absolute atomic E-state index is 13.0. The minimum atomic E-state index is -0.112. The molecule has 0 heterocycles. The Morgan fingerprint density at radius 2 is 2.18 bits per heavy atom. The Balaban J connectivity index is 3.00. The zero-order valence-corrected chi connectivity index (χ0v) is 7.52. The lowest BCUT2D eigenvalue weighted by Gasteiger charge is -2.03. The van der Waals surface area contributed by atoms with E-state index in [4.69, 9.17) is 0 Å². The molecule has 0 N–H and O–H groups in total. The summed E-state index contributed by atoms with van der Waals surface area (Å²) < 4.78 is 13.0. The van der Waals surface area contributed by atoms with Crippen LogP contribution in [0.3, 0.4) is 0 Å². The smallest absolute Gasteiger partial charge is 0.126 e. The first kappa shape index (κ1) is 8.46. The van der Waals surface area contributed by atoms with Crippen molar-refractivity contribution < 1.29 is 4.39 Å². The van der Waals surface area contributed by atoms with Gasteiger partial charge in [-0.1, -0.05) is 30.7 Å². The zero-order valence-electron chi connectivity index (χ0n) is 6.52. The van der Waals surface area contributed by atoms with Crippen LogP contribution >= 0.6 is 0 Å². The number of benzene rings is 1. The Kier molecular flexibility index (Phi) is 2.82. The fraction of sp³-hybridized carbons (Fsp3) is 0.333. The summed E-state index contributed by atoms with van der Waals surface area (Å²) in [4.78, 5) is 0. The first-order valence-electron chi connectivity index (χ1n) is 3.74. The van der Waals surface area contributed by atoms with Gasteiger partial charge in [-0.05, 0) is 18.1 Å². The van der Waals surface area contributed by atoms with Gasteiger partial charge in [0.05, 0.1) is 10.2 Å². The molecule has 11 heavy (non-hydrogen) atoms. The summed E-state index contributed by atoms with van der Waals surface area (Å²) in [7, 11) is 3.36. The fourth-order valence-corrected chi connectivity index (χ4v) is 1.40. The Morgan fingerprint density at radius 1 is 1.45 bits per heavy atom. The lowest BCUT2D eigenvalue weighted by molar-refractivity contribution is 0.609. The molecule has 0 bridgehead atoms. The van der Waals surface area contributed by atoms with Crippen LogP contribution in [0.1, 0.15) is 18.9 Å². The highest BCUT2D eigenvalue weighted by Crippen LogP contribution is 2.05. The van der Waals surface area contributed by atoms with Crippen LogP contribution in [0.25, 0.3) is 0 Å². The van der Waals surface area contributed by atoms with Crippen LogP contribution in [-0.4, -0.2) is 10.2 Å². The molecule has 0 fully saturated rings. The number of hydrogen-bond donors (Lipinski definition) is 0. The van der Waals surface area contributed by atoms with E-state index in [1.54, 1.807) is 6.07 Å². The van der Waals surface area contributed by atoms with Crippen molar-refractivity contribution in [2.45, 2.75) is 19.8 Å². The monoisotopic (exact) mass is 165 g/mol. The van der Waals surface area contributed by atoms with Crippen LogP contribution < -0.4 is 5.19 Å². The van der Waals surface area contributed by atoms with E-state index in [9.17, 15) is 4.39 Å². The van der Waals surface area contributed by atoms with E-state index < -0.39 is 0 Å². The van der Waals surface area contributed by atoms with E-state index in [1.807, 2.05) is 13.0 Å². The molecule has 1 aromatic rings. The van der Waals surface area contributed by atoms with Crippen LogP contribution in [0, 0.1) is 5.82 Å². The summed E-state index contributed by atoms with van der Waals surface area (Å²) in [5.74, 6) is -0.112. The van der Waals surface area contributed by atoms with Gasteiger partial charge >= 0.3 is 0 Å². The number of hydrogen-bond acceptors (Lipinski definition) is 0. The van der Waals surface area contributed by atoms with Crippen molar-refractivity contribution >= 4 is 15.4 Å². The highest BCUT2D eigenvalue weighted by molar-refractivity contribution is 6.33. The average Bonchev–Trinajstić information content (AvgIpc) is 1.97. The molecule has 0 unspecified atom stereocenters. The molecular weight excluding hydrogens is 155 g/mol. The fourth-order valence-electron chi connectivity index (χ4n) is 1.06. The highest BCUT2D eigenvalue weighted by Gasteiger charge is 2.02. The Labute approximate surface area is 69.9 Å². The third kappa shape index (κ3) is 1.90. The molecule has 0 aliphatic heterocycles. The molecule has 0 aliphatic rings. The van der Waals surface area contributed by atoms with Gasteiger partial charge in [-0.3, -0.25) is 0 Å².